The zero-order valence-electron chi connectivity index (χ0n) is 9.03. The van der Waals surface area contributed by atoms with Gasteiger partial charge in [-0.05, 0) is 19.3 Å². The molecule has 7 heteroatoms. The third-order valence-electron chi connectivity index (χ3n) is 3.04. The normalized spacial score (nSPS) is 19.5. The number of nitrogens with two attached hydrogens (primary N) is 1. The van der Waals surface area contributed by atoms with Crippen molar-refractivity contribution in [2.75, 3.05) is 0 Å². The first-order chi connectivity index (χ1) is 8.02. The first-order valence-corrected chi connectivity index (χ1v) is 6.73. The fourth-order valence-corrected chi connectivity index (χ4v) is 2.89. The van der Waals surface area contributed by atoms with Gasteiger partial charge in [0.15, 0.2) is 0 Å². The highest BCUT2D eigenvalue weighted by Gasteiger charge is 2.25. The molecule has 1 heterocycles. The molecule has 1 unspecified atom stereocenters. The summed E-state index contributed by atoms with van der Waals surface area (Å²) in [4.78, 5) is 25.8. The van der Waals surface area contributed by atoms with E-state index in [0.717, 1.165) is 24.8 Å². The molecule has 0 saturated heterocycles. The Labute approximate surface area is 117 Å². The van der Waals surface area contributed by atoms with Crippen LogP contribution in [0.3, 0.4) is 0 Å². The van der Waals surface area contributed by atoms with Gasteiger partial charge in [0.25, 0.3) is 0 Å². The van der Waals surface area contributed by atoms with Crippen LogP contribution in [0.2, 0.25) is 0 Å². The van der Waals surface area contributed by atoms with E-state index in [-0.39, 0.29) is 5.69 Å². The molecular weight excluding hydrogens is 353 g/mol. The lowest BCUT2D eigenvalue weighted by molar-refractivity contribution is -0.119. The number of amides is 1. The lowest BCUT2D eigenvalue weighted by Crippen LogP contribution is -2.28. The molecule has 92 valence electrons. The van der Waals surface area contributed by atoms with E-state index in [2.05, 4.69) is 4.98 Å². The van der Waals surface area contributed by atoms with Crippen LogP contribution in [0.5, 0.6) is 0 Å². The van der Waals surface area contributed by atoms with E-state index in [0.29, 0.717) is 16.8 Å². The molecule has 0 bridgehead atoms. The maximum absolute atomic E-state index is 11.7. The molecule has 2 rings (SSSR count). The van der Waals surface area contributed by atoms with Crippen molar-refractivity contribution >= 4 is 41.0 Å². The van der Waals surface area contributed by atoms with Gasteiger partial charge in [0, 0.05) is 11.3 Å². The second-order valence-corrected chi connectivity index (χ2v) is 5.46. The molecule has 0 saturated carbocycles. The van der Waals surface area contributed by atoms with Crippen molar-refractivity contribution in [2.45, 2.75) is 31.6 Å². The molecule has 17 heavy (non-hydrogen) atoms. The minimum absolute atomic E-state index is 0.303. The third kappa shape index (κ3) is 2.30. The number of carbonyl (C=O) groups excluding carboxylic acids is 1. The maximum atomic E-state index is 11.7. The van der Waals surface area contributed by atoms with Gasteiger partial charge in [-0.15, -0.1) is 0 Å². The van der Waals surface area contributed by atoms with Crippen LogP contribution in [0.4, 0.5) is 0 Å². The minimum atomic E-state index is -0.417. The lowest BCUT2D eigenvalue weighted by atomic mass is 9.98. The summed E-state index contributed by atoms with van der Waals surface area (Å²) in [6.45, 7) is 0. The van der Waals surface area contributed by atoms with Crippen molar-refractivity contribution in [1.29, 1.82) is 0 Å². The van der Waals surface area contributed by atoms with Gasteiger partial charge in [-0.2, -0.15) is 0 Å². The number of fused-ring (bicyclic) bond motifs is 1. The number of halogens is 1. The average Bonchev–Trinajstić information content (AvgIpc) is 2.48. The quantitative estimate of drug-likeness (QED) is 0.449. The van der Waals surface area contributed by atoms with Crippen LogP contribution in [0.25, 0.3) is 0 Å². The standard InChI is InChI=1S/C10H12IN3O2S/c11-14-9(17)6-4-2-1-3-5(8(12)15)7(6)13-10(14)16/h5H,1-4H2,(H2,12,15)(H,13,16). The zero-order chi connectivity index (χ0) is 12.6. The number of hydrogen-bond donors (Lipinski definition) is 2. The Morgan fingerprint density at radius 1 is 1.53 bits per heavy atom. The van der Waals surface area contributed by atoms with E-state index in [1.807, 2.05) is 22.9 Å². The van der Waals surface area contributed by atoms with Crippen LogP contribution < -0.4 is 11.4 Å². The van der Waals surface area contributed by atoms with Crippen LogP contribution in [-0.2, 0) is 11.2 Å². The Bertz CT molecular complexity index is 578. The van der Waals surface area contributed by atoms with E-state index in [4.69, 9.17) is 18.0 Å². The van der Waals surface area contributed by atoms with Gasteiger partial charge in [0.1, 0.15) is 4.64 Å². The van der Waals surface area contributed by atoms with Crippen LogP contribution in [0, 0.1) is 4.64 Å². The van der Waals surface area contributed by atoms with Crippen molar-refractivity contribution in [2.24, 2.45) is 5.73 Å². The Morgan fingerprint density at radius 3 is 2.88 bits per heavy atom. The number of nitrogens with one attached hydrogen (secondary N) is 1. The van der Waals surface area contributed by atoms with Gasteiger partial charge >= 0.3 is 5.69 Å². The molecule has 0 radical (unpaired) electrons. The number of hydrogen-bond acceptors (Lipinski definition) is 3. The molecule has 1 aliphatic carbocycles. The Hall–Kier alpha value is -0.700. The molecule has 1 amide bonds. The lowest BCUT2D eigenvalue weighted by Gasteiger charge is -2.14. The smallest absolute Gasteiger partial charge is 0.335 e. The van der Waals surface area contributed by atoms with Gasteiger partial charge < -0.3 is 10.7 Å². The van der Waals surface area contributed by atoms with Crippen molar-refractivity contribution in [1.82, 2.24) is 7.76 Å². The summed E-state index contributed by atoms with van der Waals surface area (Å²) in [7, 11) is 0. The summed E-state index contributed by atoms with van der Waals surface area (Å²) < 4.78 is 1.87. The van der Waals surface area contributed by atoms with Crippen molar-refractivity contribution in [3.63, 3.8) is 0 Å². The molecule has 5 nitrogen and oxygen atoms in total. The number of aromatic amines is 1. The van der Waals surface area contributed by atoms with Gasteiger partial charge in [0.2, 0.25) is 5.91 Å². The number of rotatable bonds is 1. The second kappa shape index (κ2) is 4.89. The Balaban J connectivity index is 2.71. The molecule has 0 aliphatic heterocycles. The molecule has 3 N–H and O–H groups in total. The first-order valence-electron chi connectivity index (χ1n) is 5.36. The summed E-state index contributed by atoms with van der Waals surface area (Å²) in [5.41, 5.74) is 6.59. The molecule has 0 spiro atoms. The SMILES string of the molecule is NC(=O)C1CCCCc2c1[nH]c(=O)n(I)c2=S. The van der Waals surface area contributed by atoms with Crippen molar-refractivity contribution in [3.05, 3.63) is 26.4 Å². The van der Waals surface area contributed by atoms with Gasteiger partial charge in [-0.1, -0.05) is 18.6 Å². The van der Waals surface area contributed by atoms with Crippen LogP contribution >= 0.6 is 35.1 Å². The number of H-pyrrole nitrogens is 1. The predicted octanol–water partition coefficient (Wildman–Crippen LogP) is 1.40. The molecule has 1 aliphatic rings. The van der Waals surface area contributed by atoms with E-state index < -0.39 is 11.8 Å². The van der Waals surface area contributed by atoms with Crippen LogP contribution in [0.15, 0.2) is 4.79 Å². The Morgan fingerprint density at radius 2 is 2.24 bits per heavy atom. The predicted molar refractivity (Wildman–Crippen MR) is 74.8 cm³/mol. The van der Waals surface area contributed by atoms with Crippen molar-refractivity contribution in [3.8, 4) is 0 Å². The molecule has 1 aromatic rings. The number of nitrogens with zero attached hydrogens (tertiary/aromatic N) is 1. The molecular formula is C10H12IN3O2S. The topological polar surface area (TPSA) is 80.9 Å². The van der Waals surface area contributed by atoms with E-state index in [1.165, 1.54) is 2.78 Å². The van der Waals surface area contributed by atoms with Gasteiger partial charge in [0.05, 0.1) is 28.8 Å². The second-order valence-electron chi connectivity index (χ2n) is 4.11. The summed E-state index contributed by atoms with van der Waals surface area (Å²) in [5, 5.41) is 0. The van der Waals surface area contributed by atoms with Crippen LogP contribution in [-0.4, -0.2) is 13.7 Å². The Kier molecular flexibility index (Phi) is 3.67. The minimum Gasteiger partial charge on any atom is -0.369 e. The van der Waals surface area contributed by atoms with E-state index in [9.17, 15) is 9.59 Å². The summed E-state index contributed by atoms with van der Waals surface area (Å²) in [6, 6.07) is 0. The van der Waals surface area contributed by atoms with Gasteiger partial charge in [-0.3, -0.25) is 4.79 Å². The number of aromatic nitrogens is 2. The highest BCUT2D eigenvalue weighted by molar-refractivity contribution is 14.1. The zero-order valence-corrected chi connectivity index (χ0v) is 12.0. The monoisotopic (exact) mass is 365 g/mol. The average molecular weight is 365 g/mol. The number of carbonyl (C=O) groups is 1. The van der Waals surface area contributed by atoms with Crippen molar-refractivity contribution < 1.29 is 4.79 Å². The van der Waals surface area contributed by atoms with E-state index >= 15 is 0 Å². The highest BCUT2D eigenvalue weighted by Crippen LogP contribution is 2.28. The number of primary amides is 1. The molecule has 1 atom stereocenters. The summed E-state index contributed by atoms with van der Waals surface area (Å²) in [5.74, 6) is -0.816. The largest absolute Gasteiger partial charge is 0.369 e. The molecule has 0 aromatic carbocycles. The fourth-order valence-electron chi connectivity index (χ4n) is 2.18. The maximum Gasteiger partial charge on any atom is 0.335 e. The summed E-state index contributed by atoms with van der Waals surface area (Å²) >= 11 is 7.12. The molecule has 1 aromatic heterocycles. The highest BCUT2D eigenvalue weighted by atomic mass is 127. The van der Waals surface area contributed by atoms with Gasteiger partial charge in [-0.25, -0.2) is 7.58 Å². The third-order valence-corrected chi connectivity index (χ3v) is 4.72. The first kappa shape index (κ1) is 12.7. The fraction of sp³-hybridized carbons (Fsp3) is 0.500. The van der Waals surface area contributed by atoms with Crippen LogP contribution in [0.1, 0.15) is 36.4 Å². The van der Waals surface area contributed by atoms with E-state index in [1.54, 1.807) is 0 Å². The molecule has 0 fully saturated rings. The summed E-state index contributed by atoms with van der Waals surface area (Å²) in [6.07, 6.45) is 3.35.